The molecule has 90 valence electrons. The Morgan fingerprint density at radius 2 is 2.18 bits per heavy atom. The Bertz CT molecular complexity index is 604. The Morgan fingerprint density at radius 3 is 2.71 bits per heavy atom. The van der Waals surface area contributed by atoms with Crippen molar-refractivity contribution in [3.05, 3.63) is 36.4 Å². The second kappa shape index (κ2) is 4.93. The zero-order chi connectivity index (χ0) is 12.6. The van der Waals surface area contributed by atoms with Gasteiger partial charge >= 0.3 is 0 Å². The van der Waals surface area contributed by atoms with Gasteiger partial charge in [0.1, 0.15) is 0 Å². The predicted octanol–water partition coefficient (Wildman–Crippen LogP) is 3.52. The molecule has 2 aromatic heterocycles. The highest BCUT2D eigenvalue weighted by molar-refractivity contribution is 14.1. The Balaban J connectivity index is 2.61. The fourth-order valence-corrected chi connectivity index (χ4v) is 2.60. The predicted molar refractivity (Wildman–Crippen MR) is 77.1 cm³/mol. The average Bonchev–Trinajstić information content (AvgIpc) is 2.68. The summed E-state index contributed by atoms with van der Waals surface area (Å²) in [5.74, 6) is 1.21. The molecule has 17 heavy (non-hydrogen) atoms. The molecule has 0 radical (unpaired) electrons. The number of aromatic amines is 1. The lowest BCUT2D eigenvalue weighted by molar-refractivity contribution is 0.550. The zero-order valence-corrected chi connectivity index (χ0v) is 13.0. The summed E-state index contributed by atoms with van der Waals surface area (Å²) >= 11 is 5.24. The third-order valence-corrected chi connectivity index (χ3v) is 3.71. The topological polar surface area (TPSA) is 58.9 Å². The molecule has 0 aliphatic heterocycles. The van der Waals surface area contributed by atoms with E-state index < -0.39 is 0 Å². The number of H-pyrrole nitrogens is 1. The van der Waals surface area contributed by atoms with E-state index in [1.165, 1.54) is 0 Å². The molecule has 0 spiro atoms. The molecule has 0 bridgehead atoms. The number of hydrogen-bond acceptors (Lipinski definition) is 3. The van der Waals surface area contributed by atoms with Crippen molar-refractivity contribution in [1.82, 2.24) is 9.97 Å². The highest BCUT2D eigenvalue weighted by atomic mass is 127. The van der Waals surface area contributed by atoms with Gasteiger partial charge in [-0.05, 0) is 56.6 Å². The van der Waals surface area contributed by atoms with Gasteiger partial charge in [-0.1, -0.05) is 13.8 Å². The summed E-state index contributed by atoms with van der Waals surface area (Å²) in [5, 5.41) is 0. The molecule has 0 aliphatic carbocycles. The third kappa shape index (κ3) is 2.62. The number of nitrogens with one attached hydrogen (secondary N) is 1. The van der Waals surface area contributed by atoms with Crippen molar-refractivity contribution in [2.45, 2.75) is 19.8 Å². The maximum Gasteiger partial charge on any atom is 0.264 e. The second-order valence-electron chi connectivity index (χ2n) is 3.87. The molecule has 6 heteroatoms. The van der Waals surface area contributed by atoms with Crippen LogP contribution in [0.1, 0.15) is 25.5 Å². The van der Waals surface area contributed by atoms with E-state index in [4.69, 9.17) is 4.42 Å². The van der Waals surface area contributed by atoms with E-state index in [0.29, 0.717) is 19.8 Å². The lowest BCUT2D eigenvalue weighted by atomic mass is 10.1. The lowest BCUT2D eigenvalue weighted by Gasteiger charge is -2.07. The van der Waals surface area contributed by atoms with Crippen molar-refractivity contribution in [2.24, 2.45) is 0 Å². The maximum atomic E-state index is 11.8. The molecule has 0 aliphatic rings. The SMILES string of the molecule is CC(C)c1nc(-c2ccc(Br)o2)[nH]c(=O)c1I. The van der Waals surface area contributed by atoms with Crippen LogP contribution in [0.15, 0.2) is 26.0 Å². The molecule has 0 amide bonds. The molecule has 0 aromatic carbocycles. The summed E-state index contributed by atoms with van der Waals surface area (Å²) in [6.07, 6.45) is 0. The molecule has 0 saturated carbocycles. The number of nitrogens with zero attached hydrogens (tertiary/aromatic N) is 1. The fourth-order valence-electron chi connectivity index (χ4n) is 1.42. The average molecular weight is 409 g/mol. The van der Waals surface area contributed by atoms with E-state index in [0.717, 1.165) is 5.69 Å². The first kappa shape index (κ1) is 12.8. The van der Waals surface area contributed by atoms with E-state index >= 15 is 0 Å². The molecule has 1 N–H and O–H groups in total. The van der Waals surface area contributed by atoms with Gasteiger partial charge in [-0.25, -0.2) is 4.98 Å². The molecule has 2 heterocycles. The third-order valence-electron chi connectivity index (χ3n) is 2.24. The molecule has 0 fully saturated rings. The smallest absolute Gasteiger partial charge is 0.264 e. The van der Waals surface area contributed by atoms with Crippen molar-refractivity contribution in [3.8, 4) is 11.6 Å². The van der Waals surface area contributed by atoms with E-state index in [2.05, 4.69) is 25.9 Å². The minimum absolute atomic E-state index is 0.133. The van der Waals surface area contributed by atoms with Crippen molar-refractivity contribution in [2.75, 3.05) is 0 Å². The van der Waals surface area contributed by atoms with Crippen molar-refractivity contribution >= 4 is 38.5 Å². The van der Waals surface area contributed by atoms with Crippen LogP contribution < -0.4 is 5.56 Å². The Hall–Kier alpha value is -0.630. The van der Waals surface area contributed by atoms with Crippen LogP contribution in [0.25, 0.3) is 11.6 Å². The molecule has 2 aromatic rings. The second-order valence-corrected chi connectivity index (χ2v) is 5.73. The monoisotopic (exact) mass is 408 g/mol. The summed E-state index contributed by atoms with van der Waals surface area (Å²) in [6.45, 7) is 4.01. The van der Waals surface area contributed by atoms with Crippen LogP contribution in [0.5, 0.6) is 0 Å². The summed E-state index contributed by atoms with van der Waals surface area (Å²) in [4.78, 5) is 18.9. The molecule has 2 rings (SSSR count). The van der Waals surface area contributed by atoms with Gasteiger partial charge in [0.25, 0.3) is 5.56 Å². The number of rotatable bonds is 2. The molecule has 0 atom stereocenters. The molecule has 4 nitrogen and oxygen atoms in total. The van der Waals surface area contributed by atoms with Crippen molar-refractivity contribution < 1.29 is 4.42 Å². The van der Waals surface area contributed by atoms with E-state index in [9.17, 15) is 4.79 Å². The van der Waals surface area contributed by atoms with E-state index in [1.54, 1.807) is 12.1 Å². The number of halogens is 2. The van der Waals surface area contributed by atoms with Gasteiger partial charge in [0.2, 0.25) is 0 Å². The first-order chi connectivity index (χ1) is 7.99. The molecule has 0 unspecified atom stereocenters. The summed E-state index contributed by atoms with van der Waals surface area (Å²) in [5.41, 5.74) is 0.656. The van der Waals surface area contributed by atoms with Gasteiger partial charge in [-0.2, -0.15) is 0 Å². The van der Waals surface area contributed by atoms with Gasteiger partial charge < -0.3 is 9.40 Å². The minimum atomic E-state index is -0.133. The highest BCUT2D eigenvalue weighted by Crippen LogP contribution is 2.24. The largest absolute Gasteiger partial charge is 0.446 e. The Kier molecular flexibility index (Phi) is 3.72. The molecular weight excluding hydrogens is 399 g/mol. The first-order valence-electron chi connectivity index (χ1n) is 5.04. The number of furan rings is 1. The normalized spacial score (nSPS) is 11.1. The quantitative estimate of drug-likeness (QED) is 0.773. The first-order valence-corrected chi connectivity index (χ1v) is 6.91. The molecular formula is C11H10BrIN2O2. The lowest BCUT2D eigenvalue weighted by Crippen LogP contribution is -2.17. The van der Waals surface area contributed by atoms with Gasteiger partial charge in [0.15, 0.2) is 16.3 Å². The summed E-state index contributed by atoms with van der Waals surface area (Å²) < 4.78 is 6.62. The van der Waals surface area contributed by atoms with Gasteiger partial charge in [0, 0.05) is 0 Å². The van der Waals surface area contributed by atoms with E-state index in [1.807, 2.05) is 36.4 Å². The van der Waals surface area contributed by atoms with Crippen LogP contribution in [-0.4, -0.2) is 9.97 Å². The van der Waals surface area contributed by atoms with Crippen LogP contribution in [0.2, 0.25) is 0 Å². The highest BCUT2D eigenvalue weighted by Gasteiger charge is 2.14. The summed E-state index contributed by atoms with van der Waals surface area (Å²) in [6, 6.07) is 3.53. The van der Waals surface area contributed by atoms with Gasteiger partial charge in [-0.15, -0.1) is 0 Å². The van der Waals surface area contributed by atoms with Crippen LogP contribution in [0, 0.1) is 3.57 Å². The van der Waals surface area contributed by atoms with E-state index in [-0.39, 0.29) is 11.5 Å². The van der Waals surface area contributed by atoms with Crippen molar-refractivity contribution in [1.29, 1.82) is 0 Å². The molecule has 0 saturated heterocycles. The van der Waals surface area contributed by atoms with Crippen LogP contribution in [0.4, 0.5) is 0 Å². The zero-order valence-electron chi connectivity index (χ0n) is 9.25. The van der Waals surface area contributed by atoms with Gasteiger partial charge in [0.05, 0.1) is 9.26 Å². The maximum absolute atomic E-state index is 11.8. The number of hydrogen-bond donors (Lipinski definition) is 1. The minimum Gasteiger partial charge on any atom is -0.446 e. The Morgan fingerprint density at radius 1 is 1.47 bits per heavy atom. The Labute approximate surface area is 120 Å². The van der Waals surface area contributed by atoms with Crippen LogP contribution in [-0.2, 0) is 0 Å². The van der Waals surface area contributed by atoms with Crippen molar-refractivity contribution in [3.63, 3.8) is 0 Å². The standard InChI is InChI=1S/C11H10BrIN2O2/c1-5(2)9-8(13)11(16)15-10(14-9)6-3-4-7(12)17-6/h3-5H,1-2H3,(H,14,15,16). The van der Waals surface area contributed by atoms with Gasteiger partial charge in [-0.3, -0.25) is 4.79 Å². The summed E-state index contributed by atoms with van der Waals surface area (Å²) in [7, 11) is 0. The number of aromatic nitrogens is 2. The fraction of sp³-hybridized carbons (Fsp3) is 0.273. The van der Waals surface area contributed by atoms with Crippen LogP contribution in [0.3, 0.4) is 0 Å². The van der Waals surface area contributed by atoms with Crippen LogP contribution >= 0.6 is 38.5 Å².